The average molecular weight is 265 g/mol. The number of rotatable bonds is 4. The van der Waals surface area contributed by atoms with Crippen molar-refractivity contribution in [1.29, 1.82) is 0 Å². The van der Waals surface area contributed by atoms with Gasteiger partial charge in [0.05, 0.1) is 12.6 Å². The van der Waals surface area contributed by atoms with Crippen LogP contribution in [0.15, 0.2) is 10.9 Å². The van der Waals surface area contributed by atoms with E-state index in [9.17, 15) is 9.90 Å². The van der Waals surface area contributed by atoms with E-state index >= 15 is 0 Å². The standard InChI is InChI=1S/C14H23N3O2/c1-3-12-7-14(19)16-13(15-12)9-17-6-4-5-11(8-17)10(2)18/h7,10-11,18H,3-6,8-9H2,1-2H3,(H,15,16,19). The minimum Gasteiger partial charge on any atom is -0.393 e. The summed E-state index contributed by atoms with van der Waals surface area (Å²) in [7, 11) is 0. The maximum atomic E-state index is 11.5. The Balaban J connectivity index is 2.04. The molecular weight excluding hydrogens is 242 g/mol. The van der Waals surface area contributed by atoms with Gasteiger partial charge in [0.25, 0.3) is 5.56 Å². The van der Waals surface area contributed by atoms with Crippen LogP contribution in [0.2, 0.25) is 0 Å². The third kappa shape index (κ3) is 3.88. The van der Waals surface area contributed by atoms with Gasteiger partial charge in [0.15, 0.2) is 0 Å². The Hall–Kier alpha value is -1.20. The number of aliphatic hydroxyl groups is 1. The highest BCUT2D eigenvalue weighted by molar-refractivity contribution is 5.02. The predicted molar refractivity (Wildman–Crippen MR) is 73.9 cm³/mol. The van der Waals surface area contributed by atoms with Crippen LogP contribution in [-0.2, 0) is 13.0 Å². The van der Waals surface area contributed by atoms with Crippen molar-refractivity contribution >= 4 is 0 Å². The SMILES string of the molecule is CCc1cc(=O)[nH]c(CN2CCCC(C(C)O)C2)n1. The van der Waals surface area contributed by atoms with E-state index in [1.54, 1.807) is 6.07 Å². The zero-order chi connectivity index (χ0) is 13.8. The topological polar surface area (TPSA) is 69.2 Å². The number of hydrogen-bond acceptors (Lipinski definition) is 4. The zero-order valence-electron chi connectivity index (χ0n) is 11.7. The molecule has 1 aromatic rings. The number of nitrogens with zero attached hydrogens (tertiary/aromatic N) is 2. The van der Waals surface area contributed by atoms with E-state index < -0.39 is 0 Å². The van der Waals surface area contributed by atoms with E-state index in [4.69, 9.17) is 0 Å². The summed E-state index contributed by atoms with van der Waals surface area (Å²) in [5.41, 5.74) is 0.758. The zero-order valence-corrected chi connectivity index (χ0v) is 11.7. The molecule has 19 heavy (non-hydrogen) atoms. The van der Waals surface area contributed by atoms with Crippen molar-refractivity contribution in [2.75, 3.05) is 13.1 Å². The smallest absolute Gasteiger partial charge is 0.251 e. The first-order valence-electron chi connectivity index (χ1n) is 7.08. The number of aliphatic hydroxyl groups excluding tert-OH is 1. The van der Waals surface area contributed by atoms with Crippen molar-refractivity contribution in [1.82, 2.24) is 14.9 Å². The molecule has 2 rings (SSSR count). The van der Waals surface area contributed by atoms with E-state index in [2.05, 4.69) is 14.9 Å². The summed E-state index contributed by atoms with van der Waals surface area (Å²) < 4.78 is 0. The van der Waals surface area contributed by atoms with E-state index in [1.807, 2.05) is 13.8 Å². The number of nitrogens with one attached hydrogen (secondary N) is 1. The second-order valence-corrected chi connectivity index (χ2v) is 5.42. The lowest BCUT2D eigenvalue weighted by Crippen LogP contribution is -2.39. The summed E-state index contributed by atoms with van der Waals surface area (Å²) in [5, 5.41) is 9.69. The van der Waals surface area contributed by atoms with E-state index in [1.165, 1.54) is 0 Å². The average Bonchev–Trinajstić information content (AvgIpc) is 2.38. The van der Waals surface area contributed by atoms with Gasteiger partial charge in [-0.1, -0.05) is 6.92 Å². The Morgan fingerprint density at radius 3 is 3.11 bits per heavy atom. The van der Waals surface area contributed by atoms with Crippen LogP contribution in [0.4, 0.5) is 0 Å². The number of aryl methyl sites for hydroxylation is 1. The lowest BCUT2D eigenvalue weighted by molar-refractivity contribution is 0.0588. The summed E-state index contributed by atoms with van der Waals surface area (Å²) in [6.45, 7) is 6.38. The summed E-state index contributed by atoms with van der Waals surface area (Å²) in [5.74, 6) is 1.06. The maximum absolute atomic E-state index is 11.5. The van der Waals surface area contributed by atoms with Crippen molar-refractivity contribution in [2.24, 2.45) is 5.92 Å². The fourth-order valence-electron chi connectivity index (χ4n) is 2.66. The molecule has 2 heterocycles. The molecule has 1 fully saturated rings. The summed E-state index contributed by atoms with van der Waals surface area (Å²) in [4.78, 5) is 21.1. The molecule has 1 saturated heterocycles. The van der Waals surface area contributed by atoms with Crippen LogP contribution in [-0.4, -0.2) is 39.2 Å². The van der Waals surface area contributed by atoms with Gasteiger partial charge in [-0.25, -0.2) is 4.98 Å². The third-order valence-corrected chi connectivity index (χ3v) is 3.80. The first kappa shape index (κ1) is 14.2. The summed E-state index contributed by atoms with van der Waals surface area (Å²) >= 11 is 0. The van der Waals surface area contributed by atoms with Crippen LogP contribution in [0.5, 0.6) is 0 Å². The van der Waals surface area contributed by atoms with Gasteiger partial charge in [0, 0.05) is 18.3 Å². The van der Waals surface area contributed by atoms with E-state index in [-0.39, 0.29) is 11.7 Å². The molecule has 0 saturated carbocycles. The second-order valence-electron chi connectivity index (χ2n) is 5.42. The molecule has 2 atom stereocenters. The number of hydrogen-bond donors (Lipinski definition) is 2. The Labute approximate surface area is 113 Å². The molecule has 0 spiro atoms. The van der Waals surface area contributed by atoms with Crippen LogP contribution >= 0.6 is 0 Å². The lowest BCUT2D eigenvalue weighted by Gasteiger charge is -2.33. The van der Waals surface area contributed by atoms with Gasteiger partial charge < -0.3 is 10.1 Å². The largest absolute Gasteiger partial charge is 0.393 e. The fraction of sp³-hybridized carbons (Fsp3) is 0.714. The first-order valence-corrected chi connectivity index (χ1v) is 7.08. The molecule has 106 valence electrons. The Bertz CT molecular complexity index is 470. The summed E-state index contributed by atoms with van der Waals surface area (Å²) in [6.07, 6.45) is 2.67. The van der Waals surface area contributed by atoms with Gasteiger partial charge in [-0.05, 0) is 38.6 Å². The molecule has 0 bridgehead atoms. The quantitative estimate of drug-likeness (QED) is 0.849. The minimum absolute atomic E-state index is 0.0778. The van der Waals surface area contributed by atoms with Crippen LogP contribution in [0, 0.1) is 5.92 Å². The van der Waals surface area contributed by atoms with Crippen molar-refractivity contribution in [3.63, 3.8) is 0 Å². The van der Waals surface area contributed by atoms with Gasteiger partial charge >= 0.3 is 0 Å². The molecule has 1 aliphatic rings. The third-order valence-electron chi connectivity index (χ3n) is 3.80. The second kappa shape index (κ2) is 6.30. The summed E-state index contributed by atoms with van der Waals surface area (Å²) in [6, 6.07) is 1.55. The normalized spacial score (nSPS) is 22.4. The molecule has 0 aliphatic carbocycles. The molecule has 2 N–H and O–H groups in total. The monoisotopic (exact) mass is 265 g/mol. The highest BCUT2D eigenvalue weighted by atomic mass is 16.3. The molecule has 0 aromatic carbocycles. The highest BCUT2D eigenvalue weighted by Gasteiger charge is 2.23. The van der Waals surface area contributed by atoms with Crippen molar-refractivity contribution in [3.8, 4) is 0 Å². The van der Waals surface area contributed by atoms with Gasteiger partial charge in [-0.2, -0.15) is 0 Å². The molecule has 5 nitrogen and oxygen atoms in total. The van der Waals surface area contributed by atoms with Crippen LogP contribution in [0.25, 0.3) is 0 Å². The predicted octanol–water partition coefficient (Wildman–Crippen LogP) is 0.925. The van der Waals surface area contributed by atoms with Crippen LogP contribution < -0.4 is 5.56 Å². The van der Waals surface area contributed by atoms with E-state index in [0.717, 1.165) is 43.9 Å². The Kier molecular flexibility index (Phi) is 4.71. The van der Waals surface area contributed by atoms with Gasteiger partial charge in [0.2, 0.25) is 0 Å². The fourth-order valence-corrected chi connectivity index (χ4v) is 2.66. The Morgan fingerprint density at radius 2 is 2.42 bits per heavy atom. The van der Waals surface area contributed by atoms with E-state index in [0.29, 0.717) is 12.5 Å². The number of aromatic amines is 1. The molecule has 0 amide bonds. The number of likely N-dealkylation sites (tertiary alicyclic amines) is 1. The Morgan fingerprint density at radius 1 is 1.63 bits per heavy atom. The van der Waals surface area contributed by atoms with Crippen molar-refractivity contribution in [2.45, 2.75) is 45.8 Å². The maximum Gasteiger partial charge on any atom is 0.251 e. The van der Waals surface area contributed by atoms with Crippen molar-refractivity contribution in [3.05, 3.63) is 27.9 Å². The van der Waals surface area contributed by atoms with Gasteiger partial charge in [-0.15, -0.1) is 0 Å². The molecular formula is C14H23N3O2. The molecule has 1 aromatic heterocycles. The number of aromatic nitrogens is 2. The molecule has 1 aliphatic heterocycles. The minimum atomic E-state index is -0.267. The van der Waals surface area contributed by atoms with Crippen LogP contribution in [0.1, 0.15) is 38.2 Å². The lowest BCUT2D eigenvalue weighted by atomic mass is 9.93. The number of H-pyrrole nitrogens is 1. The highest BCUT2D eigenvalue weighted by Crippen LogP contribution is 2.20. The number of piperidine rings is 1. The molecule has 2 unspecified atom stereocenters. The van der Waals surface area contributed by atoms with Gasteiger partial charge in [0.1, 0.15) is 5.82 Å². The van der Waals surface area contributed by atoms with Gasteiger partial charge in [-0.3, -0.25) is 9.69 Å². The van der Waals surface area contributed by atoms with Crippen molar-refractivity contribution < 1.29 is 5.11 Å². The van der Waals surface area contributed by atoms with Crippen LogP contribution in [0.3, 0.4) is 0 Å². The molecule has 5 heteroatoms. The first-order chi connectivity index (χ1) is 9.08. The molecule has 0 radical (unpaired) electrons.